The van der Waals surface area contributed by atoms with Gasteiger partial charge in [-0.1, -0.05) is 24.3 Å². The van der Waals surface area contributed by atoms with E-state index in [1.54, 1.807) is 0 Å². The van der Waals surface area contributed by atoms with E-state index >= 15 is 0 Å². The first-order valence-electron chi connectivity index (χ1n) is 7.31. The van der Waals surface area contributed by atoms with E-state index in [9.17, 15) is 0 Å². The molecule has 114 valence electrons. The Balaban J connectivity index is 0.000000364. The molecule has 0 saturated carbocycles. The van der Waals surface area contributed by atoms with Gasteiger partial charge in [0.2, 0.25) is 0 Å². The van der Waals surface area contributed by atoms with Gasteiger partial charge in [0.25, 0.3) is 0 Å². The van der Waals surface area contributed by atoms with Crippen molar-refractivity contribution >= 4 is 0 Å². The molecule has 0 nitrogen and oxygen atoms in total. The molecule has 2 aromatic rings. The van der Waals surface area contributed by atoms with Crippen LogP contribution >= 0.6 is 0 Å². The molecule has 0 radical (unpaired) electrons. The summed E-state index contributed by atoms with van der Waals surface area (Å²) in [5, 5.41) is 0. The van der Waals surface area contributed by atoms with Crippen molar-refractivity contribution in [2.24, 2.45) is 0 Å². The fourth-order valence-electron chi connectivity index (χ4n) is 2.21. The second kappa shape index (κ2) is 8.42. The zero-order valence-corrected chi connectivity index (χ0v) is 16.0. The number of benzene rings is 2. The zero-order valence-electron chi connectivity index (χ0n) is 14.7. The van der Waals surface area contributed by atoms with E-state index in [2.05, 4.69) is 79.7 Å². The van der Waals surface area contributed by atoms with E-state index in [0.29, 0.717) is 0 Å². The molecule has 0 aliphatic heterocycles. The van der Waals surface area contributed by atoms with Crippen molar-refractivity contribution in [3.8, 4) is 0 Å². The number of hydrogen-bond acceptors (Lipinski definition) is 0. The van der Waals surface area contributed by atoms with Gasteiger partial charge in [-0.05, 0) is 99.9 Å². The Kier molecular flexibility index (Phi) is 8.01. The average Bonchev–Trinajstić information content (AvgIpc) is 2.35. The Morgan fingerprint density at radius 1 is 0.333 bits per heavy atom. The summed E-state index contributed by atoms with van der Waals surface area (Å²) in [4.78, 5) is 0. The summed E-state index contributed by atoms with van der Waals surface area (Å²) in [6, 6.07) is 8.96. The van der Waals surface area contributed by atoms with Crippen LogP contribution in [0.2, 0.25) is 0 Å². The van der Waals surface area contributed by atoms with Gasteiger partial charge in [0.1, 0.15) is 0 Å². The van der Waals surface area contributed by atoms with Crippen molar-refractivity contribution in [2.45, 2.75) is 55.4 Å². The third-order valence-electron chi connectivity index (χ3n) is 4.22. The molecule has 0 atom stereocenters. The van der Waals surface area contributed by atoms with Crippen LogP contribution in [0.1, 0.15) is 44.5 Å². The Morgan fingerprint density at radius 3 is 0.524 bits per heavy atom. The average molecular weight is 320 g/mol. The van der Waals surface area contributed by atoms with Crippen LogP contribution in [0.5, 0.6) is 0 Å². The number of aryl methyl sites for hydroxylation is 8. The third-order valence-corrected chi connectivity index (χ3v) is 4.22. The van der Waals surface area contributed by atoms with Crippen LogP contribution in [0.3, 0.4) is 0 Å². The first-order valence-corrected chi connectivity index (χ1v) is 7.31. The van der Waals surface area contributed by atoms with Crippen molar-refractivity contribution in [3.63, 3.8) is 0 Å². The molecule has 0 aliphatic carbocycles. The van der Waals surface area contributed by atoms with Crippen LogP contribution in [0, 0.1) is 55.4 Å². The number of rotatable bonds is 0. The Morgan fingerprint density at radius 2 is 0.429 bits per heavy atom. The fourth-order valence-corrected chi connectivity index (χ4v) is 2.21. The molecule has 2 rings (SSSR count). The predicted octanol–water partition coefficient (Wildman–Crippen LogP) is 5.84. The van der Waals surface area contributed by atoms with Gasteiger partial charge in [-0.15, -0.1) is 0 Å². The van der Waals surface area contributed by atoms with Crippen molar-refractivity contribution < 1.29 is 17.4 Å². The van der Waals surface area contributed by atoms with E-state index in [4.69, 9.17) is 0 Å². The van der Waals surface area contributed by atoms with Gasteiger partial charge in [0.05, 0.1) is 0 Å². The predicted molar refractivity (Wildman–Crippen MR) is 90.8 cm³/mol. The van der Waals surface area contributed by atoms with Crippen LogP contribution in [0.25, 0.3) is 0 Å². The van der Waals surface area contributed by atoms with E-state index in [-0.39, 0.29) is 17.4 Å². The molecule has 0 bridgehead atoms. The normalized spacial score (nSPS) is 9.52. The summed E-state index contributed by atoms with van der Waals surface area (Å²) in [5.74, 6) is 0. The van der Waals surface area contributed by atoms with Gasteiger partial charge in [-0.3, -0.25) is 0 Å². The standard InChI is InChI=1S/2C10H14.Cr/c2*1-7-5-9(3)10(4)6-8(7)2;/h2*5-6H,1-4H3;. The van der Waals surface area contributed by atoms with Crippen LogP contribution in [-0.2, 0) is 17.4 Å². The molecular formula is C20H28Cr. The van der Waals surface area contributed by atoms with Gasteiger partial charge in [0, 0.05) is 17.4 Å². The molecular weight excluding hydrogens is 292 g/mol. The SMILES string of the molecule is Cc1cc(C)c(C)cc1C.Cc1cc(C)c(C)cc1C.[Cr]. The first-order chi connectivity index (χ1) is 9.22. The molecule has 0 fully saturated rings. The summed E-state index contributed by atoms with van der Waals surface area (Å²) in [6.45, 7) is 17.2. The molecule has 0 saturated heterocycles. The minimum atomic E-state index is 0. The minimum absolute atomic E-state index is 0. The fraction of sp³-hybridized carbons (Fsp3) is 0.400. The van der Waals surface area contributed by atoms with Crippen LogP contribution in [-0.4, -0.2) is 0 Å². The number of hydrogen-bond donors (Lipinski definition) is 0. The monoisotopic (exact) mass is 320 g/mol. The first kappa shape index (κ1) is 20.0. The molecule has 0 amide bonds. The maximum absolute atomic E-state index is 2.24. The maximum atomic E-state index is 2.24. The van der Waals surface area contributed by atoms with E-state index in [0.717, 1.165) is 0 Å². The van der Waals surface area contributed by atoms with Crippen molar-refractivity contribution in [3.05, 3.63) is 68.8 Å². The summed E-state index contributed by atoms with van der Waals surface area (Å²) >= 11 is 0. The maximum Gasteiger partial charge on any atom is 0 e. The Hall–Kier alpha value is -1.03. The van der Waals surface area contributed by atoms with Gasteiger partial charge in [-0.2, -0.15) is 0 Å². The molecule has 0 aliphatic rings. The molecule has 2 aromatic carbocycles. The minimum Gasteiger partial charge on any atom is -0.0559 e. The molecule has 0 N–H and O–H groups in total. The Labute approximate surface area is 141 Å². The molecule has 0 spiro atoms. The van der Waals surface area contributed by atoms with E-state index < -0.39 is 0 Å². The van der Waals surface area contributed by atoms with E-state index in [1.165, 1.54) is 44.5 Å². The van der Waals surface area contributed by atoms with Crippen LogP contribution < -0.4 is 0 Å². The Bertz CT molecular complexity index is 454. The van der Waals surface area contributed by atoms with Gasteiger partial charge >= 0.3 is 0 Å². The van der Waals surface area contributed by atoms with Crippen LogP contribution in [0.15, 0.2) is 24.3 Å². The third kappa shape index (κ3) is 5.70. The van der Waals surface area contributed by atoms with Gasteiger partial charge < -0.3 is 0 Å². The quantitative estimate of drug-likeness (QED) is 0.572. The van der Waals surface area contributed by atoms with Crippen LogP contribution in [0.4, 0.5) is 0 Å². The largest absolute Gasteiger partial charge is 0.0559 e. The summed E-state index contributed by atoms with van der Waals surface area (Å²) < 4.78 is 0. The smallest absolute Gasteiger partial charge is 0 e. The van der Waals surface area contributed by atoms with Gasteiger partial charge in [-0.25, -0.2) is 0 Å². The summed E-state index contributed by atoms with van der Waals surface area (Å²) in [5.41, 5.74) is 11.1. The van der Waals surface area contributed by atoms with Crippen molar-refractivity contribution in [1.82, 2.24) is 0 Å². The van der Waals surface area contributed by atoms with Crippen molar-refractivity contribution in [1.29, 1.82) is 0 Å². The summed E-state index contributed by atoms with van der Waals surface area (Å²) in [7, 11) is 0. The molecule has 21 heavy (non-hydrogen) atoms. The van der Waals surface area contributed by atoms with Crippen molar-refractivity contribution in [2.75, 3.05) is 0 Å². The molecule has 1 heteroatoms. The second-order valence-corrected chi connectivity index (χ2v) is 6.04. The zero-order chi connectivity index (χ0) is 15.4. The topological polar surface area (TPSA) is 0 Å². The summed E-state index contributed by atoms with van der Waals surface area (Å²) in [6.07, 6.45) is 0. The molecule has 0 heterocycles. The van der Waals surface area contributed by atoms with E-state index in [1.807, 2.05) is 0 Å². The molecule has 0 unspecified atom stereocenters. The van der Waals surface area contributed by atoms with Gasteiger partial charge in [0.15, 0.2) is 0 Å². The second-order valence-electron chi connectivity index (χ2n) is 6.04. The molecule has 0 aromatic heterocycles.